The Labute approximate surface area is 123 Å². The molecule has 0 rings (SSSR count). The van der Waals surface area contributed by atoms with E-state index in [1.807, 2.05) is 0 Å². The molecule has 120 valence electrons. The van der Waals surface area contributed by atoms with E-state index in [1.54, 1.807) is 0 Å². The molecule has 4 heteroatoms. The first kappa shape index (κ1) is 19.6. The van der Waals surface area contributed by atoms with Gasteiger partial charge >= 0.3 is 0 Å². The number of hydrogen-bond acceptors (Lipinski definition) is 4. The molecule has 4 nitrogen and oxygen atoms in total. The van der Waals surface area contributed by atoms with Crippen LogP contribution in [0.3, 0.4) is 0 Å². The number of unbranched alkanes of at least 4 members (excludes halogenated alkanes) is 9. The van der Waals surface area contributed by atoms with E-state index < -0.39 is 18.8 Å². The number of Topliss-reactive ketones (excluding diaryl/α,β-unsaturated/α-hetero) is 1. The van der Waals surface area contributed by atoms with Gasteiger partial charge in [-0.15, -0.1) is 0 Å². The number of aliphatic hydroxyl groups excluding tert-OH is 3. The molecule has 0 aromatic heterocycles. The van der Waals surface area contributed by atoms with Crippen molar-refractivity contribution >= 4 is 5.78 Å². The van der Waals surface area contributed by atoms with Crippen LogP contribution < -0.4 is 0 Å². The van der Waals surface area contributed by atoms with E-state index in [1.165, 1.54) is 44.9 Å². The molecule has 0 aliphatic carbocycles. The van der Waals surface area contributed by atoms with Crippen molar-refractivity contribution in [2.45, 2.75) is 89.8 Å². The number of hydrogen-bond donors (Lipinski definition) is 3. The summed E-state index contributed by atoms with van der Waals surface area (Å²) in [5.74, 6) is -0.369. The molecule has 0 saturated heterocycles. The van der Waals surface area contributed by atoms with Gasteiger partial charge in [-0.1, -0.05) is 64.7 Å². The van der Waals surface area contributed by atoms with Crippen LogP contribution in [0.15, 0.2) is 0 Å². The Balaban J connectivity index is 3.33. The summed E-state index contributed by atoms with van der Waals surface area (Å²) in [4.78, 5) is 11.5. The number of ketones is 1. The normalized spacial score (nSPS) is 14.2. The third-order valence-corrected chi connectivity index (χ3v) is 3.66. The Hall–Kier alpha value is -0.450. The van der Waals surface area contributed by atoms with Gasteiger partial charge < -0.3 is 15.3 Å². The Kier molecular flexibility index (Phi) is 13.2. The average Bonchev–Trinajstić information content (AvgIpc) is 2.47. The van der Waals surface area contributed by atoms with Gasteiger partial charge in [-0.25, -0.2) is 0 Å². The highest BCUT2D eigenvalue weighted by atomic mass is 16.4. The van der Waals surface area contributed by atoms with Gasteiger partial charge in [0.2, 0.25) is 0 Å². The second kappa shape index (κ2) is 13.5. The van der Waals surface area contributed by atoms with Gasteiger partial charge in [0.1, 0.15) is 12.2 Å². The monoisotopic (exact) mass is 288 g/mol. The maximum atomic E-state index is 11.5. The predicted molar refractivity (Wildman–Crippen MR) is 80.6 cm³/mol. The molecule has 0 radical (unpaired) electrons. The van der Waals surface area contributed by atoms with Crippen LogP contribution in [0.5, 0.6) is 0 Å². The minimum absolute atomic E-state index is 0.286. The van der Waals surface area contributed by atoms with Gasteiger partial charge in [0, 0.05) is 6.42 Å². The smallest absolute Gasteiger partial charge is 0.164 e. The minimum atomic E-state index is -1.43. The average molecular weight is 288 g/mol. The standard InChI is InChI=1S/C16H32O4/c1-2-3-4-5-6-7-8-9-10-11-12-14(18)16(20)15(19)13-17/h15-17,19-20H,2-13H2,1H3. The second-order valence-electron chi connectivity index (χ2n) is 5.59. The van der Waals surface area contributed by atoms with E-state index >= 15 is 0 Å². The molecule has 0 heterocycles. The van der Waals surface area contributed by atoms with Crippen molar-refractivity contribution in [2.75, 3.05) is 6.61 Å². The van der Waals surface area contributed by atoms with Crippen molar-refractivity contribution in [3.63, 3.8) is 0 Å². The van der Waals surface area contributed by atoms with Crippen molar-refractivity contribution in [3.8, 4) is 0 Å². The van der Waals surface area contributed by atoms with Crippen LogP contribution in [0.25, 0.3) is 0 Å². The molecule has 0 bridgehead atoms. The summed E-state index contributed by atoms with van der Waals surface area (Å²) in [6.45, 7) is 1.64. The van der Waals surface area contributed by atoms with Gasteiger partial charge in [-0.3, -0.25) is 4.79 Å². The summed E-state index contributed by atoms with van der Waals surface area (Å²) >= 11 is 0. The number of aliphatic hydroxyl groups is 3. The Morgan fingerprint density at radius 1 is 0.850 bits per heavy atom. The molecular formula is C16H32O4. The van der Waals surface area contributed by atoms with Gasteiger partial charge in [0.15, 0.2) is 5.78 Å². The van der Waals surface area contributed by atoms with Crippen LogP contribution in [0.2, 0.25) is 0 Å². The van der Waals surface area contributed by atoms with E-state index in [2.05, 4.69) is 6.92 Å². The lowest BCUT2D eigenvalue weighted by molar-refractivity contribution is -0.134. The number of rotatable bonds is 14. The summed E-state index contributed by atoms with van der Waals surface area (Å²) in [6, 6.07) is 0. The van der Waals surface area contributed by atoms with Crippen LogP contribution in [0, 0.1) is 0 Å². The van der Waals surface area contributed by atoms with Crippen molar-refractivity contribution < 1.29 is 20.1 Å². The van der Waals surface area contributed by atoms with Crippen LogP contribution in [0.4, 0.5) is 0 Å². The zero-order chi connectivity index (χ0) is 15.2. The zero-order valence-electron chi connectivity index (χ0n) is 12.9. The lowest BCUT2D eigenvalue weighted by Gasteiger charge is -2.13. The van der Waals surface area contributed by atoms with Gasteiger partial charge in [-0.2, -0.15) is 0 Å². The van der Waals surface area contributed by atoms with Gasteiger partial charge in [0.25, 0.3) is 0 Å². The molecule has 20 heavy (non-hydrogen) atoms. The molecular weight excluding hydrogens is 256 g/mol. The fourth-order valence-electron chi connectivity index (χ4n) is 2.25. The molecule has 0 fully saturated rings. The Morgan fingerprint density at radius 3 is 1.75 bits per heavy atom. The van der Waals surface area contributed by atoms with E-state index in [9.17, 15) is 9.90 Å². The maximum absolute atomic E-state index is 11.5. The minimum Gasteiger partial charge on any atom is -0.394 e. The van der Waals surface area contributed by atoms with Crippen molar-refractivity contribution in [1.29, 1.82) is 0 Å². The highest BCUT2D eigenvalue weighted by Crippen LogP contribution is 2.12. The molecule has 0 aliphatic rings. The highest BCUT2D eigenvalue weighted by Gasteiger charge is 2.22. The first-order valence-corrected chi connectivity index (χ1v) is 8.13. The van der Waals surface area contributed by atoms with E-state index in [-0.39, 0.29) is 12.2 Å². The van der Waals surface area contributed by atoms with Crippen LogP contribution in [-0.4, -0.2) is 39.9 Å². The lowest BCUT2D eigenvalue weighted by atomic mass is 10.0. The molecule has 2 unspecified atom stereocenters. The van der Waals surface area contributed by atoms with Crippen molar-refractivity contribution in [3.05, 3.63) is 0 Å². The van der Waals surface area contributed by atoms with Crippen LogP contribution in [-0.2, 0) is 4.79 Å². The lowest BCUT2D eigenvalue weighted by Crippen LogP contribution is -2.36. The molecule has 0 saturated carbocycles. The molecule has 0 aromatic rings. The summed E-state index contributed by atoms with van der Waals surface area (Å²) in [5.41, 5.74) is 0. The fraction of sp³-hybridized carbons (Fsp3) is 0.938. The Morgan fingerprint density at radius 2 is 1.30 bits per heavy atom. The molecule has 0 spiro atoms. The summed E-state index contributed by atoms with van der Waals surface area (Å²) in [6.07, 6.45) is 9.46. The molecule has 0 aromatic carbocycles. The Bertz CT molecular complexity index is 231. The second-order valence-corrected chi connectivity index (χ2v) is 5.59. The third kappa shape index (κ3) is 10.4. The SMILES string of the molecule is CCCCCCCCCCCCC(=O)C(O)C(O)CO. The summed E-state index contributed by atoms with van der Waals surface area (Å²) in [5, 5.41) is 27.1. The molecule has 0 aliphatic heterocycles. The maximum Gasteiger partial charge on any atom is 0.164 e. The summed E-state index contributed by atoms with van der Waals surface area (Å²) in [7, 11) is 0. The van der Waals surface area contributed by atoms with Gasteiger partial charge in [0.05, 0.1) is 6.61 Å². The number of carbonyl (C=O) groups excluding carboxylic acids is 1. The first-order chi connectivity index (χ1) is 9.63. The molecule has 0 amide bonds. The number of carbonyl (C=O) groups is 1. The fourth-order valence-corrected chi connectivity index (χ4v) is 2.25. The van der Waals surface area contributed by atoms with E-state index in [0.29, 0.717) is 0 Å². The van der Waals surface area contributed by atoms with Crippen LogP contribution >= 0.6 is 0 Å². The summed E-state index contributed by atoms with van der Waals surface area (Å²) < 4.78 is 0. The van der Waals surface area contributed by atoms with Gasteiger partial charge in [-0.05, 0) is 6.42 Å². The quantitative estimate of drug-likeness (QED) is 0.429. The first-order valence-electron chi connectivity index (χ1n) is 8.13. The topological polar surface area (TPSA) is 77.8 Å². The third-order valence-electron chi connectivity index (χ3n) is 3.66. The molecule has 2 atom stereocenters. The van der Waals surface area contributed by atoms with Crippen molar-refractivity contribution in [1.82, 2.24) is 0 Å². The highest BCUT2D eigenvalue weighted by molar-refractivity contribution is 5.83. The predicted octanol–water partition coefficient (Wildman–Crippen LogP) is 2.58. The largest absolute Gasteiger partial charge is 0.394 e. The van der Waals surface area contributed by atoms with Crippen LogP contribution in [0.1, 0.15) is 77.6 Å². The molecule has 3 N–H and O–H groups in total. The van der Waals surface area contributed by atoms with E-state index in [4.69, 9.17) is 10.2 Å². The van der Waals surface area contributed by atoms with Crippen molar-refractivity contribution in [2.24, 2.45) is 0 Å². The van der Waals surface area contributed by atoms with E-state index in [0.717, 1.165) is 19.3 Å². The zero-order valence-corrected chi connectivity index (χ0v) is 12.9.